The molecule has 0 atom stereocenters. The van der Waals surface area contributed by atoms with Crippen molar-refractivity contribution in [1.29, 1.82) is 0 Å². The summed E-state index contributed by atoms with van der Waals surface area (Å²) < 4.78 is 0. The molecule has 0 saturated heterocycles. The fourth-order valence-corrected chi connectivity index (χ4v) is 0. The van der Waals surface area contributed by atoms with Crippen molar-refractivity contribution in [2.24, 2.45) is 0 Å². The van der Waals surface area contributed by atoms with Crippen LogP contribution in [0.4, 0.5) is 0 Å². The average molecular weight is 147 g/mol. The van der Waals surface area contributed by atoms with Crippen molar-refractivity contribution in [3.63, 3.8) is 0 Å². The van der Waals surface area contributed by atoms with E-state index in [0.717, 1.165) is 0 Å². The van der Waals surface area contributed by atoms with Crippen molar-refractivity contribution in [2.75, 3.05) is 6.61 Å². The van der Waals surface area contributed by atoms with Crippen LogP contribution >= 0.6 is 0 Å². The molecule has 0 amide bonds. The molecule has 0 spiro atoms. The predicted molar refractivity (Wildman–Crippen MR) is 12.8 cm³/mol. The second kappa shape index (κ2) is 9.54. The standard InChI is InChI=1S/C2H6O.Ru/c1-2-3;/h3H,2H2,1H3;. The molecular weight excluding hydrogens is 141 g/mol. The van der Waals surface area contributed by atoms with Gasteiger partial charge < -0.3 is 5.11 Å². The Morgan fingerprint density at radius 2 is 1.75 bits per heavy atom. The molecule has 0 aliphatic carbocycles. The van der Waals surface area contributed by atoms with Gasteiger partial charge in [0.25, 0.3) is 0 Å². The van der Waals surface area contributed by atoms with E-state index >= 15 is 0 Å². The minimum atomic E-state index is 0. The van der Waals surface area contributed by atoms with Crippen LogP contribution in [-0.2, 0) is 19.5 Å². The van der Waals surface area contributed by atoms with Crippen LogP contribution in [0.2, 0.25) is 0 Å². The van der Waals surface area contributed by atoms with E-state index in [1.54, 1.807) is 6.92 Å². The molecule has 4 heavy (non-hydrogen) atoms. The minimum absolute atomic E-state index is 0. The normalized spacial score (nSPS) is 4.50. The molecule has 0 rings (SSSR count). The summed E-state index contributed by atoms with van der Waals surface area (Å²) in [5.74, 6) is 0. The number of aliphatic hydroxyl groups excluding tert-OH is 1. The van der Waals surface area contributed by atoms with Crippen molar-refractivity contribution < 1.29 is 24.6 Å². The van der Waals surface area contributed by atoms with E-state index in [2.05, 4.69) is 0 Å². The third-order valence-corrected chi connectivity index (χ3v) is 0. The Morgan fingerprint density at radius 1 is 1.75 bits per heavy atom. The van der Waals surface area contributed by atoms with Gasteiger partial charge in [-0.15, -0.1) is 0 Å². The molecule has 0 aromatic heterocycles. The summed E-state index contributed by atoms with van der Waals surface area (Å²) >= 11 is 0. The largest absolute Gasteiger partial charge is 0.397 e. The molecule has 0 heterocycles. The maximum Gasteiger partial charge on any atom is 0.0402 e. The Balaban J connectivity index is 0. The van der Waals surface area contributed by atoms with Gasteiger partial charge >= 0.3 is 0 Å². The number of hydrogen-bond acceptors (Lipinski definition) is 1. The van der Waals surface area contributed by atoms with Gasteiger partial charge in [0, 0.05) is 26.1 Å². The van der Waals surface area contributed by atoms with Crippen LogP contribution in [0.3, 0.4) is 0 Å². The quantitative estimate of drug-likeness (QED) is 0.478. The van der Waals surface area contributed by atoms with Gasteiger partial charge in [-0.1, -0.05) is 0 Å². The number of hydrogen-bond donors (Lipinski definition) is 1. The van der Waals surface area contributed by atoms with E-state index in [4.69, 9.17) is 5.11 Å². The van der Waals surface area contributed by atoms with Gasteiger partial charge in [-0.25, -0.2) is 0 Å². The smallest absolute Gasteiger partial charge is 0.0402 e. The van der Waals surface area contributed by atoms with E-state index in [0.29, 0.717) is 0 Å². The fourth-order valence-electron chi connectivity index (χ4n) is 0. The first kappa shape index (κ1) is 8.82. The van der Waals surface area contributed by atoms with Crippen molar-refractivity contribution in [2.45, 2.75) is 6.92 Å². The van der Waals surface area contributed by atoms with Crippen molar-refractivity contribution in [3.8, 4) is 0 Å². The molecule has 0 radical (unpaired) electrons. The van der Waals surface area contributed by atoms with Gasteiger partial charge in [-0.2, -0.15) is 0 Å². The van der Waals surface area contributed by atoms with E-state index in [-0.39, 0.29) is 26.1 Å². The van der Waals surface area contributed by atoms with Crippen molar-refractivity contribution in [1.82, 2.24) is 0 Å². The Labute approximate surface area is 38.8 Å². The molecule has 0 saturated carbocycles. The molecule has 0 aliphatic rings. The SMILES string of the molecule is CCO.[Ru]. The summed E-state index contributed by atoms with van der Waals surface area (Å²) in [6, 6.07) is 0. The van der Waals surface area contributed by atoms with Crippen molar-refractivity contribution in [3.05, 3.63) is 0 Å². The first-order chi connectivity index (χ1) is 1.41. The zero-order valence-electron chi connectivity index (χ0n) is 2.51. The van der Waals surface area contributed by atoms with Gasteiger partial charge in [0.1, 0.15) is 0 Å². The number of rotatable bonds is 0. The third-order valence-electron chi connectivity index (χ3n) is 0. The first-order valence-electron chi connectivity index (χ1n) is 1.02. The second-order valence-electron chi connectivity index (χ2n) is 0.316. The fraction of sp³-hybridized carbons (Fsp3) is 1.00. The van der Waals surface area contributed by atoms with Gasteiger partial charge in [0.05, 0.1) is 0 Å². The molecule has 28 valence electrons. The molecule has 2 heteroatoms. The Bertz CT molecular complexity index is 6.00. The van der Waals surface area contributed by atoms with Gasteiger partial charge in [-0.05, 0) is 6.92 Å². The molecule has 0 aromatic rings. The number of aliphatic hydroxyl groups is 1. The summed E-state index contributed by atoms with van der Waals surface area (Å²) in [7, 11) is 0. The monoisotopic (exact) mass is 148 g/mol. The molecule has 0 unspecified atom stereocenters. The zero-order valence-corrected chi connectivity index (χ0v) is 4.25. The topological polar surface area (TPSA) is 20.2 Å². The third kappa shape index (κ3) is 19.0. The van der Waals surface area contributed by atoms with Crippen LogP contribution in [0, 0.1) is 0 Å². The Morgan fingerprint density at radius 3 is 1.75 bits per heavy atom. The summed E-state index contributed by atoms with van der Waals surface area (Å²) in [5.41, 5.74) is 0. The van der Waals surface area contributed by atoms with Crippen LogP contribution in [-0.4, -0.2) is 11.7 Å². The van der Waals surface area contributed by atoms with E-state index in [1.807, 2.05) is 0 Å². The van der Waals surface area contributed by atoms with Crippen LogP contribution in [0.1, 0.15) is 6.92 Å². The van der Waals surface area contributed by atoms with Gasteiger partial charge in [0.15, 0.2) is 0 Å². The van der Waals surface area contributed by atoms with Gasteiger partial charge in [0.2, 0.25) is 0 Å². The molecular formula is C2H6ORu. The minimum Gasteiger partial charge on any atom is -0.397 e. The van der Waals surface area contributed by atoms with Crippen molar-refractivity contribution >= 4 is 0 Å². The Kier molecular flexibility index (Phi) is 21.0. The van der Waals surface area contributed by atoms with Crippen LogP contribution < -0.4 is 0 Å². The summed E-state index contributed by atoms with van der Waals surface area (Å²) in [4.78, 5) is 0. The molecule has 0 bridgehead atoms. The van der Waals surface area contributed by atoms with Crippen LogP contribution in [0.15, 0.2) is 0 Å². The summed E-state index contributed by atoms with van der Waals surface area (Å²) in [6.07, 6.45) is 0. The van der Waals surface area contributed by atoms with Gasteiger partial charge in [-0.3, -0.25) is 0 Å². The molecule has 0 aromatic carbocycles. The molecule has 1 nitrogen and oxygen atoms in total. The summed E-state index contributed by atoms with van der Waals surface area (Å²) in [6.45, 7) is 1.93. The van der Waals surface area contributed by atoms with E-state index in [1.165, 1.54) is 0 Å². The van der Waals surface area contributed by atoms with E-state index < -0.39 is 0 Å². The zero-order chi connectivity index (χ0) is 2.71. The maximum absolute atomic E-state index is 7.57. The van der Waals surface area contributed by atoms with E-state index in [9.17, 15) is 0 Å². The summed E-state index contributed by atoms with van der Waals surface area (Å²) in [5, 5.41) is 7.57. The second-order valence-corrected chi connectivity index (χ2v) is 0.316. The molecule has 1 N–H and O–H groups in total. The Hall–Kier alpha value is 0.583. The first-order valence-corrected chi connectivity index (χ1v) is 1.02. The maximum atomic E-state index is 7.57. The predicted octanol–water partition coefficient (Wildman–Crippen LogP) is -0.00390. The van der Waals surface area contributed by atoms with Crippen LogP contribution in [0.5, 0.6) is 0 Å². The average Bonchev–Trinajstić information content (AvgIpc) is 0.918. The molecule has 0 fully saturated rings. The molecule has 0 aliphatic heterocycles. The van der Waals surface area contributed by atoms with Crippen LogP contribution in [0.25, 0.3) is 0 Å².